The van der Waals surface area contributed by atoms with Crippen LogP contribution in [-0.2, 0) is 16.0 Å². The number of para-hydroxylation sites is 1. The number of amides is 1. The van der Waals surface area contributed by atoms with Crippen molar-refractivity contribution in [2.24, 2.45) is 0 Å². The van der Waals surface area contributed by atoms with E-state index in [2.05, 4.69) is 5.32 Å². The average molecular weight is 327 g/mol. The zero-order valence-electron chi connectivity index (χ0n) is 13.8. The van der Waals surface area contributed by atoms with Crippen LogP contribution in [0.2, 0.25) is 0 Å². The van der Waals surface area contributed by atoms with Crippen LogP contribution in [0.3, 0.4) is 0 Å². The highest BCUT2D eigenvalue weighted by atomic mass is 16.5. The van der Waals surface area contributed by atoms with Gasteiger partial charge in [0.05, 0.1) is 13.5 Å². The highest BCUT2D eigenvalue weighted by Crippen LogP contribution is 2.23. The topological polar surface area (TPSA) is 75.6 Å². The summed E-state index contributed by atoms with van der Waals surface area (Å²) in [6.07, 6.45) is 0.193. The Morgan fingerprint density at radius 2 is 1.79 bits per heavy atom. The Balaban J connectivity index is 2.01. The molecule has 0 aliphatic rings. The van der Waals surface area contributed by atoms with Crippen molar-refractivity contribution in [1.29, 1.82) is 0 Å². The van der Waals surface area contributed by atoms with Crippen molar-refractivity contribution in [2.75, 3.05) is 12.4 Å². The second kappa shape index (κ2) is 8.15. The van der Waals surface area contributed by atoms with Crippen LogP contribution in [0.5, 0.6) is 5.75 Å². The fourth-order valence-corrected chi connectivity index (χ4v) is 2.49. The predicted molar refractivity (Wildman–Crippen MR) is 92.4 cm³/mol. The van der Waals surface area contributed by atoms with Gasteiger partial charge in [-0.15, -0.1) is 0 Å². The number of carboxylic acid groups (broad SMARTS) is 1. The summed E-state index contributed by atoms with van der Waals surface area (Å²) in [6.45, 7) is 1.98. The summed E-state index contributed by atoms with van der Waals surface area (Å²) in [4.78, 5) is 23.2. The number of carbonyl (C=O) groups is 2. The number of nitrogens with one attached hydrogen (secondary N) is 1. The molecule has 1 atom stereocenters. The van der Waals surface area contributed by atoms with Gasteiger partial charge in [-0.2, -0.15) is 0 Å². The van der Waals surface area contributed by atoms with Crippen LogP contribution in [0, 0.1) is 0 Å². The van der Waals surface area contributed by atoms with Crippen molar-refractivity contribution in [3.05, 3.63) is 59.7 Å². The summed E-state index contributed by atoms with van der Waals surface area (Å²) in [6, 6.07) is 14.6. The summed E-state index contributed by atoms with van der Waals surface area (Å²) in [5.74, 6) is -0.250. The van der Waals surface area contributed by atoms with E-state index in [1.54, 1.807) is 31.4 Å². The van der Waals surface area contributed by atoms with Crippen molar-refractivity contribution >= 4 is 17.6 Å². The van der Waals surface area contributed by atoms with Crippen LogP contribution < -0.4 is 10.1 Å². The Labute approximate surface area is 141 Å². The maximum atomic E-state index is 12.3. The summed E-state index contributed by atoms with van der Waals surface area (Å²) in [7, 11) is 1.61. The third kappa shape index (κ3) is 4.84. The minimum Gasteiger partial charge on any atom is -0.497 e. The van der Waals surface area contributed by atoms with Gasteiger partial charge in [-0.3, -0.25) is 9.59 Å². The zero-order valence-corrected chi connectivity index (χ0v) is 13.8. The number of hydrogen-bond acceptors (Lipinski definition) is 3. The van der Waals surface area contributed by atoms with Crippen LogP contribution >= 0.6 is 0 Å². The SMILES string of the molecule is COc1ccc(C(C)CC(=O)Nc2ccccc2CC(=O)O)cc1. The molecule has 2 rings (SSSR count). The molecule has 2 N–H and O–H groups in total. The van der Waals surface area contributed by atoms with Gasteiger partial charge in [-0.1, -0.05) is 37.3 Å². The molecule has 2 aromatic carbocycles. The number of carbonyl (C=O) groups excluding carboxylic acids is 1. The van der Waals surface area contributed by atoms with E-state index in [1.807, 2.05) is 31.2 Å². The van der Waals surface area contributed by atoms with Crippen LogP contribution in [0.25, 0.3) is 0 Å². The lowest BCUT2D eigenvalue weighted by molar-refractivity contribution is -0.136. The quantitative estimate of drug-likeness (QED) is 0.816. The van der Waals surface area contributed by atoms with Crippen LogP contribution in [-0.4, -0.2) is 24.1 Å². The molecule has 0 bridgehead atoms. The van der Waals surface area contributed by atoms with E-state index in [9.17, 15) is 9.59 Å². The highest BCUT2D eigenvalue weighted by Gasteiger charge is 2.14. The highest BCUT2D eigenvalue weighted by molar-refractivity contribution is 5.92. The maximum Gasteiger partial charge on any atom is 0.307 e. The summed E-state index contributed by atoms with van der Waals surface area (Å²) in [5, 5.41) is 11.8. The fraction of sp³-hybridized carbons (Fsp3) is 0.263. The Morgan fingerprint density at radius 1 is 1.12 bits per heavy atom. The van der Waals surface area contributed by atoms with Crippen molar-refractivity contribution in [2.45, 2.75) is 25.7 Å². The molecule has 126 valence electrons. The molecule has 24 heavy (non-hydrogen) atoms. The first-order valence-electron chi connectivity index (χ1n) is 7.73. The third-order valence-electron chi connectivity index (χ3n) is 3.81. The monoisotopic (exact) mass is 327 g/mol. The van der Waals surface area contributed by atoms with Gasteiger partial charge in [-0.25, -0.2) is 0 Å². The first kappa shape index (κ1) is 17.5. The molecule has 0 heterocycles. The molecule has 2 aromatic rings. The van der Waals surface area contributed by atoms with E-state index in [-0.39, 0.29) is 18.2 Å². The number of anilines is 1. The summed E-state index contributed by atoms with van der Waals surface area (Å²) < 4.78 is 5.13. The van der Waals surface area contributed by atoms with Gasteiger partial charge >= 0.3 is 5.97 Å². The Morgan fingerprint density at radius 3 is 2.42 bits per heavy atom. The van der Waals surface area contributed by atoms with Gasteiger partial charge in [-0.05, 0) is 35.2 Å². The Bertz CT molecular complexity index is 710. The predicted octanol–water partition coefficient (Wildman–Crippen LogP) is 3.45. The molecule has 5 nitrogen and oxygen atoms in total. The van der Waals surface area contributed by atoms with Gasteiger partial charge < -0.3 is 15.2 Å². The molecular formula is C19H21NO4. The molecule has 5 heteroatoms. The minimum atomic E-state index is -0.928. The summed E-state index contributed by atoms with van der Waals surface area (Å²) in [5.41, 5.74) is 2.19. The lowest BCUT2D eigenvalue weighted by Gasteiger charge is -2.14. The molecule has 0 spiro atoms. The number of carboxylic acids is 1. The molecule has 0 saturated carbocycles. The van der Waals surface area contributed by atoms with Gasteiger partial charge in [0.1, 0.15) is 5.75 Å². The molecule has 0 aliphatic carbocycles. The largest absolute Gasteiger partial charge is 0.497 e. The number of hydrogen-bond donors (Lipinski definition) is 2. The molecule has 0 aliphatic heterocycles. The zero-order chi connectivity index (χ0) is 17.5. The third-order valence-corrected chi connectivity index (χ3v) is 3.81. The first-order chi connectivity index (χ1) is 11.5. The lowest BCUT2D eigenvalue weighted by Crippen LogP contribution is -2.16. The number of methoxy groups -OCH3 is 1. The molecular weight excluding hydrogens is 306 g/mol. The van der Waals surface area contributed by atoms with Gasteiger partial charge in [0.25, 0.3) is 0 Å². The van der Waals surface area contributed by atoms with Gasteiger partial charge in [0, 0.05) is 12.1 Å². The van der Waals surface area contributed by atoms with Gasteiger partial charge in [0.15, 0.2) is 0 Å². The molecule has 0 radical (unpaired) electrons. The first-order valence-corrected chi connectivity index (χ1v) is 7.73. The van der Waals surface area contributed by atoms with E-state index in [0.29, 0.717) is 17.7 Å². The molecule has 0 saturated heterocycles. The van der Waals surface area contributed by atoms with E-state index >= 15 is 0 Å². The van der Waals surface area contributed by atoms with E-state index in [1.165, 1.54) is 0 Å². The Kier molecular flexibility index (Phi) is 5.95. The average Bonchev–Trinajstić information content (AvgIpc) is 2.56. The number of benzene rings is 2. The smallest absolute Gasteiger partial charge is 0.307 e. The van der Waals surface area contributed by atoms with E-state index in [4.69, 9.17) is 9.84 Å². The van der Waals surface area contributed by atoms with Crippen LogP contribution in [0.15, 0.2) is 48.5 Å². The van der Waals surface area contributed by atoms with Gasteiger partial charge in [0.2, 0.25) is 5.91 Å². The van der Waals surface area contributed by atoms with E-state index in [0.717, 1.165) is 11.3 Å². The standard InChI is InChI=1S/C19H21NO4/c1-13(14-7-9-16(24-2)10-8-14)11-18(21)20-17-6-4-3-5-15(17)12-19(22)23/h3-10,13H,11-12H2,1-2H3,(H,20,21)(H,22,23). The van der Waals surface area contributed by atoms with Crippen molar-refractivity contribution in [1.82, 2.24) is 0 Å². The lowest BCUT2D eigenvalue weighted by atomic mass is 9.97. The van der Waals surface area contributed by atoms with Crippen molar-refractivity contribution in [3.63, 3.8) is 0 Å². The number of aliphatic carboxylic acids is 1. The van der Waals surface area contributed by atoms with Crippen LogP contribution in [0.4, 0.5) is 5.69 Å². The minimum absolute atomic E-state index is 0.0440. The second-order valence-electron chi connectivity index (χ2n) is 5.65. The number of ether oxygens (including phenoxy) is 1. The normalized spacial score (nSPS) is 11.6. The Hall–Kier alpha value is -2.82. The van der Waals surface area contributed by atoms with E-state index < -0.39 is 5.97 Å². The summed E-state index contributed by atoms with van der Waals surface area (Å²) >= 11 is 0. The number of rotatable bonds is 7. The van der Waals surface area contributed by atoms with Crippen LogP contribution in [0.1, 0.15) is 30.4 Å². The fourth-order valence-electron chi connectivity index (χ4n) is 2.49. The second-order valence-corrected chi connectivity index (χ2v) is 5.65. The molecule has 0 aromatic heterocycles. The van der Waals surface area contributed by atoms with Crippen molar-refractivity contribution in [3.8, 4) is 5.75 Å². The maximum absolute atomic E-state index is 12.3. The molecule has 1 unspecified atom stereocenters. The molecule has 0 fully saturated rings. The molecule has 1 amide bonds. The van der Waals surface area contributed by atoms with Crippen molar-refractivity contribution < 1.29 is 19.4 Å².